The Morgan fingerprint density at radius 3 is 1.73 bits per heavy atom. The van der Waals surface area contributed by atoms with E-state index >= 15 is 0 Å². The van der Waals surface area contributed by atoms with Gasteiger partial charge in [-0.05, 0) is 81.3 Å². The van der Waals surface area contributed by atoms with E-state index in [1.54, 1.807) is 92.1 Å². The van der Waals surface area contributed by atoms with Gasteiger partial charge in [0.2, 0.25) is 5.78 Å². The maximum atomic E-state index is 14.7. The summed E-state index contributed by atoms with van der Waals surface area (Å²) in [7, 11) is -4.47. The number of carbonyl (C=O) groups excluding carboxylic acids is 2. The van der Waals surface area contributed by atoms with Crippen LogP contribution >= 0.6 is 17.2 Å². The van der Waals surface area contributed by atoms with Gasteiger partial charge >= 0.3 is 17.2 Å². The first kappa shape index (κ1) is 47.4. The number of hydrogen-bond donors (Lipinski definition) is 0. The SMILES string of the molecule is CC.CC.CC#CC/C(=C\C=C/CC)OP(Oc1cccnc1)Oc1cccc2c1C(=O)c1c(OP(OC(/C=C/CC)=C/C=C\C)Oc3cccnc3)cccc1C2=O. The second-order valence-electron chi connectivity index (χ2n) is 11.4. The summed E-state index contributed by atoms with van der Waals surface area (Å²) in [5.41, 5.74) is 0.389. The molecular formula is C47H52N2O8P2. The molecule has 2 aromatic carbocycles. The highest BCUT2D eigenvalue weighted by atomic mass is 31.2. The number of nitrogens with zero attached hydrogens (tertiary/aromatic N) is 2. The molecule has 0 spiro atoms. The summed E-state index contributed by atoms with van der Waals surface area (Å²) >= 11 is 0. The molecule has 308 valence electrons. The average molecular weight is 835 g/mol. The minimum atomic E-state index is -2.24. The van der Waals surface area contributed by atoms with Gasteiger partial charge < -0.3 is 27.1 Å². The van der Waals surface area contributed by atoms with E-state index in [-0.39, 0.29) is 46.0 Å². The maximum absolute atomic E-state index is 14.7. The monoisotopic (exact) mass is 834 g/mol. The zero-order valence-electron chi connectivity index (χ0n) is 34.9. The highest BCUT2D eigenvalue weighted by Gasteiger charge is 2.37. The van der Waals surface area contributed by atoms with Crippen molar-refractivity contribution in [2.75, 3.05) is 0 Å². The normalized spacial score (nSPS) is 13.1. The number of aromatic nitrogens is 2. The molecule has 4 aromatic rings. The standard InChI is InChI=1S/C43H40N2O8P2.2C2H6/c1-5-9-13-21-33(20-12-8-4)49-55(51-35-23-17-29-45-31-35)53-39-27-15-25-37-41(39)43(47)40-36(42(37)46)24-14-26-38(40)52-54(50-34-22-16-28-44-30-34)48-32(18-10-6-2)19-11-7-3;2*1-2/h6,9-11,13-19,21-31H,5,7,20H2,1-4H3;2*1-2H3/b10-6-,13-9-,19-11+,32-18+,33-21+;;. The molecule has 2 unspecified atom stereocenters. The number of benzene rings is 2. The van der Waals surface area contributed by atoms with Crippen molar-refractivity contribution in [2.24, 2.45) is 0 Å². The molecule has 0 N–H and O–H groups in total. The van der Waals surface area contributed by atoms with Gasteiger partial charge in [-0.1, -0.05) is 102 Å². The van der Waals surface area contributed by atoms with Gasteiger partial charge in [0, 0.05) is 23.5 Å². The van der Waals surface area contributed by atoms with Crippen LogP contribution in [0.1, 0.15) is 106 Å². The van der Waals surface area contributed by atoms with Gasteiger partial charge in [-0.2, -0.15) is 0 Å². The lowest BCUT2D eigenvalue weighted by Gasteiger charge is -2.25. The maximum Gasteiger partial charge on any atom is 0.530 e. The lowest BCUT2D eigenvalue weighted by molar-refractivity contribution is 0.0975. The van der Waals surface area contributed by atoms with Crippen molar-refractivity contribution in [3.63, 3.8) is 0 Å². The Hall–Kier alpha value is -6.00. The summed E-state index contributed by atoms with van der Waals surface area (Å²) in [5, 5.41) is 0. The van der Waals surface area contributed by atoms with Crippen LogP contribution in [-0.4, -0.2) is 21.5 Å². The largest absolute Gasteiger partial charge is 0.530 e. The van der Waals surface area contributed by atoms with Crippen molar-refractivity contribution >= 4 is 28.8 Å². The second-order valence-corrected chi connectivity index (χ2v) is 13.4. The molecule has 1 aliphatic rings. The number of carbonyl (C=O) groups is 2. The zero-order chi connectivity index (χ0) is 42.8. The second kappa shape index (κ2) is 26.8. The van der Waals surface area contributed by atoms with Gasteiger partial charge in [-0.25, -0.2) is 0 Å². The molecule has 0 radical (unpaired) electrons. The fraction of sp³-hybridized carbons (Fsp3) is 0.234. The zero-order valence-corrected chi connectivity index (χ0v) is 36.7. The molecular weight excluding hydrogens is 782 g/mol. The summed E-state index contributed by atoms with van der Waals surface area (Å²) in [6, 6.07) is 16.5. The van der Waals surface area contributed by atoms with Gasteiger partial charge in [-0.3, -0.25) is 19.6 Å². The first-order valence-electron chi connectivity index (χ1n) is 19.5. The fourth-order valence-electron chi connectivity index (χ4n) is 4.91. The van der Waals surface area contributed by atoms with Gasteiger partial charge in [0.1, 0.15) is 34.5 Å². The fourth-order valence-corrected chi connectivity index (χ4v) is 6.93. The minimum Gasteiger partial charge on any atom is -0.412 e. The summed E-state index contributed by atoms with van der Waals surface area (Å²) in [6.07, 6.45) is 23.0. The number of pyridine rings is 2. The van der Waals surface area contributed by atoms with Crippen LogP contribution < -0.4 is 18.1 Å². The van der Waals surface area contributed by atoms with Crippen molar-refractivity contribution < 1.29 is 36.7 Å². The summed E-state index contributed by atoms with van der Waals surface area (Å²) in [6.45, 7) is 15.7. The third-order valence-electron chi connectivity index (χ3n) is 7.41. The smallest absolute Gasteiger partial charge is 0.412 e. The third-order valence-corrected chi connectivity index (χ3v) is 9.56. The van der Waals surface area contributed by atoms with E-state index in [0.717, 1.165) is 12.8 Å². The predicted molar refractivity (Wildman–Crippen MR) is 237 cm³/mol. The van der Waals surface area contributed by atoms with Crippen LogP contribution in [0.3, 0.4) is 0 Å². The van der Waals surface area contributed by atoms with Gasteiger partial charge in [0.25, 0.3) is 0 Å². The molecule has 0 aliphatic heterocycles. The Morgan fingerprint density at radius 2 is 1.24 bits per heavy atom. The molecule has 0 fully saturated rings. The topological polar surface area (TPSA) is 115 Å². The quantitative estimate of drug-likeness (QED) is 0.0366. The van der Waals surface area contributed by atoms with Crippen molar-refractivity contribution in [1.82, 2.24) is 9.97 Å². The molecule has 0 saturated heterocycles. The lowest BCUT2D eigenvalue weighted by atomic mass is 9.83. The lowest BCUT2D eigenvalue weighted by Crippen LogP contribution is -2.22. The molecule has 0 bridgehead atoms. The van der Waals surface area contributed by atoms with Crippen LogP contribution in [0.25, 0.3) is 0 Å². The Bertz CT molecular complexity index is 2160. The molecule has 10 nitrogen and oxygen atoms in total. The predicted octanol–water partition coefficient (Wildman–Crippen LogP) is 13.4. The van der Waals surface area contributed by atoms with Crippen LogP contribution in [0.2, 0.25) is 0 Å². The Kier molecular flexibility index (Phi) is 21.5. The molecule has 5 rings (SSSR count). The Balaban J connectivity index is 0.00000225. The van der Waals surface area contributed by atoms with Crippen molar-refractivity contribution in [3.8, 4) is 34.8 Å². The Morgan fingerprint density at radius 1 is 0.678 bits per heavy atom. The van der Waals surface area contributed by atoms with Crippen LogP contribution in [0.4, 0.5) is 0 Å². The first-order valence-corrected chi connectivity index (χ1v) is 21.7. The summed E-state index contributed by atoms with van der Waals surface area (Å²) in [4.78, 5) is 37.1. The van der Waals surface area contributed by atoms with E-state index in [2.05, 4.69) is 21.8 Å². The van der Waals surface area contributed by atoms with Gasteiger partial charge in [0.15, 0.2) is 5.78 Å². The third kappa shape index (κ3) is 14.4. The number of fused-ring (bicyclic) bond motifs is 2. The molecule has 2 heterocycles. The van der Waals surface area contributed by atoms with E-state index in [1.807, 2.05) is 84.9 Å². The summed E-state index contributed by atoms with van der Waals surface area (Å²) < 4.78 is 37.6. The number of rotatable bonds is 18. The molecule has 12 heteroatoms. The van der Waals surface area contributed by atoms with Crippen molar-refractivity contribution in [2.45, 2.75) is 74.7 Å². The van der Waals surface area contributed by atoms with E-state index in [0.29, 0.717) is 23.0 Å². The van der Waals surface area contributed by atoms with Crippen molar-refractivity contribution in [3.05, 3.63) is 168 Å². The minimum absolute atomic E-state index is 0.0321. The molecule has 0 saturated carbocycles. The number of hydrogen-bond acceptors (Lipinski definition) is 10. The van der Waals surface area contributed by atoms with Crippen LogP contribution in [0, 0.1) is 11.8 Å². The van der Waals surface area contributed by atoms with Crippen LogP contribution in [-0.2, 0) is 9.05 Å². The molecule has 1 aliphatic carbocycles. The molecule has 0 amide bonds. The van der Waals surface area contributed by atoms with Crippen LogP contribution in [0.15, 0.2) is 146 Å². The van der Waals surface area contributed by atoms with Gasteiger partial charge in [0.05, 0.1) is 29.9 Å². The first-order chi connectivity index (χ1) is 28.9. The molecule has 59 heavy (non-hydrogen) atoms. The molecule has 2 atom stereocenters. The van der Waals surface area contributed by atoms with Crippen molar-refractivity contribution in [1.29, 1.82) is 0 Å². The van der Waals surface area contributed by atoms with Crippen LogP contribution in [0.5, 0.6) is 23.0 Å². The summed E-state index contributed by atoms with van der Waals surface area (Å²) in [5.74, 6) is 6.90. The highest BCUT2D eigenvalue weighted by molar-refractivity contribution is 7.43. The number of ketones is 2. The Labute approximate surface area is 351 Å². The van der Waals surface area contributed by atoms with E-state index in [4.69, 9.17) is 27.1 Å². The van der Waals surface area contributed by atoms with E-state index < -0.39 is 23.0 Å². The molecule has 2 aromatic heterocycles. The van der Waals surface area contributed by atoms with E-state index in [1.165, 1.54) is 12.4 Å². The highest BCUT2D eigenvalue weighted by Crippen LogP contribution is 2.49. The van der Waals surface area contributed by atoms with E-state index in [9.17, 15) is 9.59 Å². The number of allylic oxidation sites excluding steroid dienone is 9. The average Bonchev–Trinajstić information content (AvgIpc) is 3.27. The van der Waals surface area contributed by atoms with Gasteiger partial charge in [-0.15, -0.1) is 5.92 Å².